The molecule has 37 heavy (non-hydrogen) atoms. The van der Waals surface area contributed by atoms with Crippen molar-refractivity contribution in [3.8, 4) is 11.5 Å². The first-order valence-corrected chi connectivity index (χ1v) is 13.6. The topological polar surface area (TPSA) is 62.0 Å². The van der Waals surface area contributed by atoms with Crippen LogP contribution >= 0.6 is 0 Å². The van der Waals surface area contributed by atoms with Crippen LogP contribution in [0.1, 0.15) is 69.6 Å². The summed E-state index contributed by atoms with van der Waals surface area (Å²) >= 11 is 0. The lowest BCUT2D eigenvalue weighted by molar-refractivity contribution is -0.0714. The molecule has 2 aromatic rings. The molecule has 7 atom stereocenters. The van der Waals surface area contributed by atoms with E-state index >= 15 is 0 Å². The van der Waals surface area contributed by atoms with Gasteiger partial charge in [0.05, 0.1) is 25.4 Å². The van der Waals surface area contributed by atoms with Crippen molar-refractivity contribution in [2.45, 2.75) is 96.8 Å². The number of hydrogen-bond donors (Lipinski definition) is 0. The van der Waals surface area contributed by atoms with Crippen LogP contribution in [0, 0.1) is 6.92 Å². The van der Waals surface area contributed by atoms with Crippen LogP contribution in [0.15, 0.2) is 48.5 Å². The van der Waals surface area contributed by atoms with Gasteiger partial charge in [-0.3, -0.25) is 0 Å². The zero-order chi connectivity index (χ0) is 25.9. The summed E-state index contributed by atoms with van der Waals surface area (Å²) in [5, 5.41) is 0. The molecule has 2 aromatic carbocycles. The van der Waals surface area contributed by atoms with Gasteiger partial charge in [0, 0.05) is 0 Å². The Morgan fingerprint density at radius 3 is 2.03 bits per heavy atom. The van der Waals surface area contributed by atoms with Crippen molar-refractivity contribution >= 4 is 5.57 Å². The van der Waals surface area contributed by atoms with Gasteiger partial charge in [0.1, 0.15) is 23.7 Å². The van der Waals surface area contributed by atoms with Gasteiger partial charge in [0.2, 0.25) is 0 Å². The number of aryl methyl sites for hydroxylation is 1. The van der Waals surface area contributed by atoms with Crippen LogP contribution in [-0.2, 0) is 18.9 Å². The van der Waals surface area contributed by atoms with E-state index in [1.807, 2.05) is 13.8 Å². The van der Waals surface area contributed by atoms with E-state index in [-0.39, 0.29) is 24.8 Å². The van der Waals surface area contributed by atoms with Gasteiger partial charge in [-0.15, -0.1) is 0 Å². The van der Waals surface area contributed by atoms with E-state index in [0.717, 1.165) is 36.3 Å². The Bertz CT molecular complexity index is 1080. The van der Waals surface area contributed by atoms with Crippen LogP contribution < -0.4 is 9.47 Å². The summed E-state index contributed by atoms with van der Waals surface area (Å²) in [4.78, 5) is 0. The van der Waals surface area contributed by atoms with Crippen LogP contribution in [0.4, 0.5) is 0 Å². The highest BCUT2D eigenvalue weighted by Crippen LogP contribution is 2.37. The SMILES string of the molecule is Cc1cc(C2=CCC(c3ccc(OC(C)OCC4OC4C)cc3)CC2)ccc1OC(C)OCC1OC1C. The lowest BCUT2D eigenvalue weighted by Gasteiger charge is -2.24. The van der Waals surface area contributed by atoms with Gasteiger partial charge < -0.3 is 28.4 Å². The Balaban J connectivity index is 1.10. The summed E-state index contributed by atoms with van der Waals surface area (Å²) in [5.41, 5.74) is 5.17. The number of epoxide rings is 2. The van der Waals surface area contributed by atoms with Crippen LogP contribution in [0.5, 0.6) is 11.5 Å². The Morgan fingerprint density at radius 2 is 1.49 bits per heavy atom. The monoisotopic (exact) mass is 508 g/mol. The second-order valence-electron chi connectivity index (χ2n) is 10.5. The molecule has 6 nitrogen and oxygen atoms in total. The lowest BCUT2D eigenvalue weighted by Crippen LogP contribution is -2.20. The standard InChI is InChI=1S/C31H40O6/c1-19-16-27(12-15-29(19)37-23(5)33-18-31-21(3)35-31)26-8-6-24(7-9-26)25-10-13-28(14-11-25)36-22(4)32-17-30-20(2)34-30/h8,10-16,20-24,30-31H,6-7,9,17-18H2,1-5H3. The molecule has 0 N–H and O–H groups in total. The summed E-state index contributed by atoms with van der Waals surface area (Å²) in [5.74, 6) is 2.23. The average molecular weight is 509 g/mol. The van der Waals surface area contributed by atoms with E-state index in [1.165, 1.54) is 16.7 Å². The minimum atomic E-state index is -0.302. The van der Waals surface area contributed by atoms with Crippen LogP contribution in [0.25, 0.3) is 5.57 Å². The van der Waals surface area contributed by atoms with Gasteiger partial charge in [-0.05, 0) is 106 Å². The molecule has 2 heterocycles. The Hall–Kier alpha value is -2.38. The molecule has 1 aliphatic carbocycles. The average Bonchev–Trinajstić information content (AvgIpc) is 3.80. The van der Waals surface area contributed by atoms with E-state index < -0.39 is 0 Å². The molecular weight excluding hydrogens is 468 g/mol. The predicted octanol–water partition coefficient (Wildman–Crippen LogP) is 6.40. The van der Waals surface area contributed by atoms with E-state index in [4.69, 9.17) is 28.4 Å². The molecule has 0 amide bonds. The first-order chi connectivity index (χ1) is 17.9. The fourth-order valence-corrected chi connectivity index (χ4v) is 4.91. The van der Waals surface area contributed by atoms with Crippen molar-refractivity contribution in [2.24, 2.45) is 0 Å². The number of ether oxygens (including phenoxy) is 6. The van der Waals surface area contributed by atoms with E-state index in [9.17, 15) is 0 Å². The van der Waals surface area contributed by atoms with Crippen molar-refractivity contribution in [1.82, 2.24) is 0 Å². The van der Waals surface area contributed by atoms with Crippen molar-refractivity contribution in [2.75, 3.05) is 13.2 Å². The maximum absolute atomic E-state index is 6.02. The normalized spacial score (nSPS) is 28.2. The maximum Gasteiger partial charge on any atom is 0.197 e. The molecule has 0 aromatic heterocycles. The zero-order valence-corrected chi connectivity index (χ0v) is 22.6. The third-order valence-corrected chi connectivity index (χ3v) is 7.57. The van der Waals surface area contributed by atoms with Gasteiger partial charge in [-0.1, -0.05) is 24.3 Å². The van der Waals surface area contributed by atoms with Crippen LogP contribution in [0.3, 0.4) is 0 Å². The minimum Gasteiger partial charge on any atom is -0.465 e. The van der Waals surface area contributed by atoms with E-state index in [1.54, 1.807) is 0 Å². The number of allylic oxidation sites excluding steroid dienone is 2. The summed E-state index contributed by atoms with van der Waals surface area (Å²) < 4.78 is 34.2. The van der Waals surface area contributed by atoms with Crippen LogP contribution in [0.2, 0.25) is 0 Å². The van der Waals surface area contributed by atoms with Crippen molar-refractivity contribution in [1.29, 1.82) is 0 Å². The highest BCUT2D eigenvalue weighted by Gasteiger charge is 2.35. The molecule has 0 bridgehead atoms. The Morgan fingerprint density at radius 1 is 0.865 bits per heavy atom. The highest BCUT2D eigenvalue weighted by molar-refractivity contribution is 5.68. The van der Waals surface area contributed by atoms with Crippen LogP contribution in [-0.4, -0.2) is 50.2 Å². The lowest BCUT2D eigenvalue weighted by atomic mass is 9.82. The molecule has 0 radical (unpaired) electrons. The van der Waals surface area contributed by atoms with Gasteiger partial charge >= 0.3 is 0 Å². The first kappa shape index (κ1) is 26.2. The molecule has 7 unspecified atom stereocenters. The third-order valence-electron chi connectivity index (χ3n) is 7.57. The smallest absolute Gasteiger partial charge is 0.197 e. The molecule has 2 aliphatic heterocycles. The molecule has 2 fully saturated rings. The molecule has 0 saturated carbocycles. The molecular formula is C31H40O6. The molecule has 3 aliphatic rings. The van der Waals surface area contributed by atoms with Gasteiger partial charge in [-0.25, -0.2) is 0 Å². The van der Waals surface area contributed by atoms with E-state index in [0.29, 0.717) is 31.3 Å². The maximum atomic E-state index is 6.02. The van der Waals surface area contributed by atoms with Crippen molar-refractivity contribution < 1.29 is 28.4 Å². The minimum absolute atomic E-state index is 0.211. The molecule has 0 spiro atoms. The van der Waals surface area contributed by atoms with Gasteiger partial charge in [-0.2, -0.15) is 0 Å². The Kier molecular flexibility index (Phi) is 8.20. The van der Waals surface area contributed by atoms with Crippen molar-refractivity contribution in [3.63, 3.8) is 0 Å². The number of rotatable bonds is 12. The summed E-state index contributed by atoms with van der Waals surface area (Å²) in [6.07, 6.45) is 6.07. The predicted molar refractivity (Wildman–Crippen MR) is 143 cm³/mol. The molecule has 5 rings (SSSR count). The second kappa shape index (κ2) is 11.6. The summed E-state index contributed by atoms with van der Waals surface area (Å²) in [6.45, 7) is 11.2. The second-order valence-corrected chi connectivity index (χ2v) is 10.5. The third kappa shape index (κ3) is 7.14. The summed E-state index contributed by atoms with van der Waals surface area (Å²) in [6, 6.07) is 14.9. The van der Waals surface area contributed by atoms with E-state index in [2.05, 4.69) is 69.3 Å². The highest BCUT2D eigenvalue weighted by atomic mass is 16.7. The number of benzene rings is 2. The fraction of sp³-hybridized carbons (Fsp3) is 0.548. The first-order valence-electron chi connectivity index (χ1n) is 13.6. The fourth-order valence-electron chi connectivity index (χ4n) is 4.91. The molecule has 2 saturated heterocycles. The molecule has 200 valence electrons. The summed E-state index contributed by atoms with van der Waals surface area (Å²) in [7, 11) is 0. The van der Waals surface area contributed by atoms with Crippen molar-refractivity contribution in [3.05, 3.63) is 65.2 Å². The quantitative estimate of drug-likeness (QED) is 0.244. The zero-order valence-electron chi connectivity index (χ0n) is 22.6. The largest absolute Gasteiger partial charge is 0.465 e. The van der Waals surface area contributed by atoms with Gasteiger partial charge in [0.15, 0.2) is 12.6 Å². The van der Waals surface area contributed by atoms with Gasteiger partial charge in [0.25, 0.3) is 0 Å². The number of hydrogen-bond acceptors (Lipinski definition) is 6. The Labute approximate surface area is 220 Å². The molecule has 6 heteroatoms.